The number of aliphatic hydroxyl groups is 2. The summed E-state index contributed by atoms with van der Waals surface area (Å²) in [4.78, 5) is 53.4. The van der Waals surface area contributed by atoms with Gasteiger partial charge >= 0.3 is 17.9 Å². The number of cyclic esters (lactones) is 1. The molecule has 3 aliphatic rings. The Morgan fingerprint density at radius 1 is 0.860 bits per heavy atom. The predicted octanol–water partition coefficient (Wildman–Crippen LogP) is 4.53. The molecule has 3 fully saturated rings. The molecular formula is C42H72O15. The highest BCUT2D eigenvalue weighted by Gasteiger charge is 2.52. The van der Waals surface area contributed by atoms with Crippen molar-refractivity contribution in [1.82, 2.24) is 0 Å². The molecule has 0 saturated carbocycles. The Morgan fingerprint density at radius 2 is 1.47 bits per heavy atom. The molecule has 0 aromatic heterocycles. The minimum atomic E-state index is -1.94. The fourth-order valence-electron chi connectivity index (χ4n) is 9.20. The second kappa shape index (κ2) is 20.3. The zero-order chi connectivity index (χ0) is 43.3. The van der Waals surface area contributed by atoms with Gasteiger partial charge in [0, 0.05) is 52.7 Å². The Kier molecular flexibility index (Phi) is 17.5. The summed E-state index contributed by atoms with van der Waals surface area (Å²) in [6, 6.07) is 0. The van der Waals surface area contributed by atoms with Crippen molar-refractivity contribution in [3.05, 3.63) is 0 Å². The second-order valence-electron chi connectivity index (χ2n) is 17.5. The lowest BCUT2D eigenvalue weighted by Crippen LogP contribution is -2.59. The molecule has 0 aliphatic carbocycles. The van der Waals surface area contributed by atoms with Gasteiger partial charge in [0.05, 0.1) is 42.4 Å². The van der Waals surface area contributed by atoms with Gasteiger partial charge in [-0.3, -0.25) is 19.2 Å². The monoisotopic (exact) mass is 816 g/mol. The summed E-state index contributed by atoms with van der Waals surface area (Å²) in [6.07, 6.45) is -8.41. The van der Waals surface area contributed by atoms with Crippen LogP contribution in [0.15, 0.2) is 0 Å². The summed E-state index contributed by atoms with van der Waals surface area (Å²) in [5.74, 6) is -6.40. The van der Waals surface area contributed by atoms with Crippen LogP contribution in [0.2, 0.25) is 0 Å². The van der Waals surface area contributed by atoms with Gasteiger partial charge in [-0.2, -0.15) is 0 Å². The zero-order valence-electron chi connectivity index (χ0n) is 36.8. The Morgan fingerprint density at radius 3 is 2.02 bits per heavy atom. The van der Waals surface area contributed by atoms with Crippen LogP contribution in [0.3, 0.4) is 0 Å². The minimum absolute atomic E-state index is 0.110. The quantitative estimate of drug-likeness (QED) is 0.231. The van der Waals surface area contributed by atoms with Gasteiger partial charge < -0.3 is 52.8 Å². The summed E-state index contributed by atoms with van der Waals surface area (Å²) >= 11 is 0. The Bertz CT molecular complexity index is 1360. The molecule has 19 atom stereocenters. The number of carbonyl (C=O) groups excluding carboxylic acids is 4. The fourth-order valence-corrected chi connectivity index (χ4v) is 9.20. The molecule has 0 radical (unpaired) electrons. The second-order valence-corrected chi connectivity index (χ2v) is 17.5. The lowest BCUT2D eigenvalue weighted by molar-refractivity contribution is -0.313. The topological polar surface area (TPSA) is 192 Å². The van der Waals surface area contributed by atoms with Gasteiger partial charge in [0.1, 0.15) is 29.5 Å². The van der Waals surface area contributed by atoms with E-state index in [0.29, 0.717) is 12.8 Å². The van der Waals surface area contributed by atoms with Crippen LogP contribution in [0.1, 0.15) is 116 Å². The van der Waals surface area contributed by atoms with Crippen molar-refractivity contribution in [2.24, 2.45) is 35.5 Å². The highest BCUT2D eigenvalue weighted by molar-refractivity contribution is 5.89. The number of hydrogen-bond acceptors (Lipinski definition) is 15. The predicted molar refractivity (Wildman–Crippen MR) is 206 cm³/mol. The van der Waals surface area contributed by atoms with Crippen LogP contribution in [0.25, 0.3) is 0 Å². The number of carbonyl (C=O) groups is 4. The molecule has 3 heterocycles. The summed E-state index contributed by atoms with van der Waals surface area (Å²) in [6.45, 7) is 22.0. The van der Waals surface area contributed by atoms with E-state index in [1.54, 1.807) is 34.6 Å². The first-order valence-electron chi connectivity index (χ1n) is 20.6. The van der Waals surface area contributed by atoms with Crippen LogP contribution in [0.5, 0.6) is 0 Å². The van der Waals surface area contributed by atoms with Crippen molar-refractivity contribution in [1.29, 1.82) is 0 Å². The third-order valence-corrected chi connectivity index (χ3v) is 12.6. The molecule has 0 aromatic carbocycles. The van der Waals surface area contributed by atoms with E-state index in [4.69, 9.17) is 42.6 Å². The molecule has 15 nitrogen and oxygen atoms in total. The van der Waals surface area contributed by atoms with Gasteiger partial charge in [-0.25, -0.2) is 0 Å². The number of hydrogen-bond donors (Lipinski definition) is 2. The van der Waals surface area contributed by atoms with Gasteiger partial charge in [-0.1, -0.05) is 48.0 Å². The molecule has 0 bridgehead atoms. The largest absolute Gasteiger partial charge is 0.461 e. The first kappa shape index (κ1) is 49.1. The molecule has 1 unspecified atom stereocenters. The molecule has 3 rings (SSSR count). The lowest BCUT2D eigenvalue weighted by Gasteiger charge is -2.48. The molecule has 0 spiro atoms. The summed E-state index contributed by atoms with van der Waals surface area (Å²) in [5.41, 5.74) is -2.97. The van der Waals surface area contributed by atoms with Crippen LogP contribution in [0.4, 0.5) is 0 Å². The Balaban J connectivity index is 2.22. The first-order valence-corrected chi connectivity index (χ1v) is 20.6. The number of ether oxygens (including phenoxy) is 9. The number of Topliss-reactive ketones (excluding diaryl/α,β-unsaturated/α-hetero) is 1. The Labute approximate surface area is 339 Å². The highest BCUT2D eigenvalue weighted by Crippen LogP contribution is 2.41. The number of esters is 3. The van der Waals surface area contributed by atoms with Gasteiger partial charge in [-0.15, -0.1) is 0 Å². The zero-order valence-corrected chi connectivity index (χ0v) is 36.8. The summed E-state index contributed by atoms with van der Waals surface area (Å²) < 4.78 is 55.3. The fraction of sp³-hybridized carbons (Fsp3) is 0.905. The summed E-state index contributed by atoms with van der Waals surface area (Å²) in [5, 5.41) is 23.4. The average Bonchev–Trinajstić information content (AvgIpc) is 3.13. The number of methoxy groups -OCH3 is 2. The molecule has 2 N–H and O–H groups in total. The van der Waals surface area contributed by atoms with Gasteiger partial charge in [0.25, 0.3) is 0 Å². The van der Waals surface area contributed by atoms with Crippen LogP contribution in [-0.2, 0) is 61.8 Å². The first-order chi connectivity index (χ1) is 26.4. The molecule has 0 amide bonds. The molecule has 330 valence electrons. The van der Waals surface area contributed by atoms with E-state index in [2.05, 4.69) is 0 Å². The molecule has 0 aromatic rings. The molecule has 57 heavy (non-hydrogen) atoms. The summed E-state index contributed by atoms with van der Waals surface area (Å²) in [7, 11) is 3.01. The van der Waals surface area contributed by atoms with E-state index in [0.717, 1.165) is 0 Å². The van der Waals surface area contributed by atoms with E-state index in [1.807, 2.05) is 34.6 Å². The molecular weight excluding hydrogens is 744 g/mol. The van der Waals surface area contributed by atoms with E-state index in [9.17, 15) is 29.4 Å². The van der Waals surface area contributed by atoms with Crippen molar-refractivity contribution in [3.63, 3.8) is 0 Å². The van der Waals surface area contributed by atoms with Crippen molar-refractivity contribution >= 4 is 23.7 Å². The van der Waals surface area contributed by atoms with Crippen molar-refractivity contribution in [2.75, 3.05) is 14.2 Å². The van der Waals surface area contributed by atoms with Crippen LogP contribution in [0, 0.1) is 35.5 Å². The van der Waals surface area contributed by atoms with Crippen molar-refractivity contribution in [3.8, 4) is 0 Å². The number of aliphatic hydroxyl groups excluding tert-OH is 1. The maximum Gasteiger partial charge on any atom is 0.311 e. The smallest absolute Gasteiger partial charge is 0.311 e. The normalized spacial score (nSPS) is 44.6. The molecule has 3 aliphatic heterocycles. The molecule has 15 heteroatoms. The number of rotatable bonds is 10. The van der Waals surface area contributed by atoms with Crippen molar-refractivity contribution < 1.29 is 72.0 Å². The molecule has 3 saturated heterocycles. The maximum absolute atomic E-state index is 14.6. The average molecular weight is 817 g/mol. The SMILES string of the molecule is CC[C@H](C)C1OC(=O)[C@H](C)[C@@H](O[C@H]2C[C@@](C)(OC)[C@H](OC(C)=O)[C@H](C)O2)[C@H](C)[C@@H](O[C@@H]2O[C@H](C)C[C@H](OC)[C@H]2O)[C@@H](C)C[C@](C)(O)C(=O)[C@H](C)[C@@H](OC(C)=O)[C@H]1C. The van der Waals surface area contributed by atoms with Crippen LogP contribution in [-0.4, -0.2) is 127 Å². The van der Waals surface area contributed by atoms with Gasteiger partial charge in [0.2, 0.25) is 0 Å². The van der Waals surface area contributed by atoms with Crippen molar-refractivity contribution in [2.45, 2.75) is 194 Å². The van der Waals surface area contributed by atoms with Gasteiger partial charge in [-0.05, 0) is 52.9 Å². The lowest BCUT2D eigenvalue weighted by atomic mass is 9.74. The standard InChI is InChI=1S/C42H72O15/c1-16-20(2)33-23(5)35(53-28(10)43)25(7)37(46)41(12,48)18-21(3)34(57-40-32(45)30(49-14)17-22(4)51-40)24(6)36(26(8)39(47)56-33)55-31-19-42(13,50-15)38(27(9)52-31)54-29(11)44/h20-27,30-36,38,40,45,48H,16-19H2,1-15H3/t20-,21-,22+,23-,24+,25+,26+,27-,30-,31-,32+,33?,34-,35-,36-,38+,40-,41-,42+/m0/s1. The van der Waals surface area contributed by atoms with E-state index in [-0.39, 0.29) is 24.9 Å². The maximum atomic E-state index is 14.6. The van der Waals surface area contributed by atoms with E-state index in [1.165, 1.54) is 35.0 Å². The third-order valence-electron chi connectivity index (χ3n) is 12.6. The number of ketones is 1. The third kappa shape index (κ3) is 11.7. The van der Waals surface area contributed by atoms with E-state index < -0.39 is 126 Å². The van der Waals surface area contributed by atoms with E-state index >= 15 is 0 Å². The van der Waals surface area contributed by atoms with Crippen LogP contribution < -0.4 is 0 Å². The Hall–Kier alpha value is -2.24. The highest BCUT2D eigenvalue weighted by atomic mass is 16.7. The van der Waals surface area contributed by atoms with Crippen LogP contribution >= 0.6 is 0 Å². The minimum Gasteiger partial charge on any atom is -0.461 e. The van der Waals surface area contributed by atoms with Gasteiger partial charge in [0.15, 0.2) is 24.5 Å².